The van der Waals surface area contributed by atoms with Crippen molar-refractivity contribution in [1.29, 1.82) is 0 Å². The highest BCUT2D eigenvalue weighted by Gasteiger charge is 2.74. The lowest BCUT2D eigenvalue weighted by Gasteiger charge is -2.62. The van der Waals surface area contributed by atoms with E-state index in [9.17, 15) is 29.4 Å². The van der Waals surface area contributed by atoms with Gasteiger partial charge >= 0.3 is 11.9 Å². The first kappa shape index (κ1) is 43.7. The monoisotopic (exact) mass is 942 g/mol. The minimum Gasteiger partial charge on any atom is -0.477 e. The zero-order chi connectivity index (χ0) is 47.5. The van der Waals surface area contributed by atoms with Crippen LogP contribution in [0.4, 0.5) is 8.78 Å². The molecule has 0 unspecified atom stereocenters. The van der Waals surface area contributed by atoms with Crippen molar-refractivity contribution in [3.05, 3.63) is 93.5 Å². The molecule has 2 spiro atoms. The largest absolute Gasteiger partial charge is 0.477 e. The third kappa shape index (κ3) is 6.10. The van der Waals surface area contributed by atoms with E-state index in [0.29, 0.717) is 56.0 Å². The van der Waals surface area contributed by atoms with E-state index in [1.807, 2.05) is 19.9 Å². The number of carbonyl (C=O) groups is 4. The van der Waals surface area contributed by atoms with Gasteiger partial charge in [0.15, 0.2) is 46.8 Å². The van der Waals surface area contributed by atoms with Crippen molar-refractivity contribution < 1.29 is 57.1 Å². The third-order valence-corrected chi connectivity index (χ3v) is 18.4. The normalized spacial score (nSPS) is 33.0. The predicted octanol–water partition coefficient (Wildman–Crippen LogP) is 6.45. The molecule has 0 amide bonds. The molecule has 2 saturated heterocycles. The van der Waals surface area contributed by atoms with Crippen molar-refractivity contribution in [3.8, 4) is 23.0 Å². The number of hydrogen-bond donors (Lipinski definition) is 2. The summed E-state index contributed by atoms with van der Waals surface area (Å²) in [6, 6.07) is 11.9. The van der Waals surface area contributed by atoms with Crippen LogP contribution in [-0.2, 0) is 49.3 Å². The lowest BCUT2D eigenvalue weighted by molar-refractivity contribution is -0.188. The smallest absolute Gasteiger partial charge is 0.315 e. The van der Waals surface area contributed by atoms with Crippen LogP contribution in [0, 0.1) is 30.4 Å². The van der Waals surface area contributed by atoms with E-state index in [1.165, 1.54) is 49.9 Å². The molecule has 4 aromatic carbocycles. The Kier molecular flexibility index (Phi) is 9.58. The van der Waals surface area contributed by atoms with Crippen LogP contribution < -0.4 is 18.9 Å². The van der Waals surface area contributed by atoms with Gasteiger partial charge in [-0.2, -0.15) is 0 Å². The van der Waals surface area contributed by atoms with Gasteiger partial charge in [0.2, 0.25) is 0 Å². The Morgan fingerprint density at radius 3 is 1.77 bits per heavy atom. The highest BCUT2D eigenvalue weighted by Crippen LogP contribution is 2.66. The van der Waals surface area contributed by atoms with Gasteiger partial charge in [-0.3, -0.25) is 29.0 Å². The summed E-state index contributed by atoms with van der Waals surface area (Å²) >= 11 is 0. The average Bonchev–Trinajstić information content (AvgIpc) is 4.26. The fourth-order valence-corrected chi connectivity index (χ4v) is 14.6. The van der Waals surface area contributed by atoms with Crippen LogP contribution in [0.1, 0.15) is 105 Å². The molecule has 0 radical (unpaired) electrons. The Balaban J connectivity index is 0.727. The number of aryl methyl sites for hydroxylation is 1. The van der Waals surface area contributed by atoms with Crippen molar-refractivity contribution >= 4 is 34.3 Å². The summed E-state index contributed by atoms with van der Waals surface area (Å²) in [7, 11) is 0. The van der Waals surface area contributed by atoms with Crippen LogP contribution in [0.2, 0.25) is 0 Å². The molecule has 4 saturated carbocycles. The first-order valence-corrected chi connectivity index (χ1v) is 25.1. The van der Waals surface area contributed by atoms with Gasteiger partial charge in [0.25, 0.3) is 0 Å². The maximum absolute atomic E-state index is 16.2. The molecule has 69 heavy (non-hydrogen) atoms. The molecule has 13 rings (SSSR count). The Labute approximate surface area is 398 Å². The predicted molar refractivity (Wildman–Crippen MR) is 246 cm³/mol. The minimum absolute atomic E-state index is 0.0290. The molecule has 9 aliphatic rings. The lowest BCUT2D eigenvalue weighted by Crippen LogP contribution is -2.76. The molecule has 4 aliphatic heterocycles. The Morgan fingerprint density at radius 2 is 1.19 bits per heavy atom. The first-order chi connectivity index (χ1) is 33.1. The number of carbonyl (C=O) groups excluding carboxylic acids is 4. The molecule has 360 valence electrons. The van der Waals surface area contributed by atoms with Crippen molar-refractivity contribution in [1.82, 2.24) is 9.80 Å². The summed E-state index contributed by atoms with van der Waals surface area (Å²) in [6.45, 7) is 7.19. The molecular formula is C55H56F2N2O10. The molecular weight excluding hydrogens is 887 g/mol. The van der Waals surface area contributed by atoms with Gasteiger partial charge in [-0.25, -0.2) is 8.78 Å². The Bertz CT molecular complexity index is 2950. The van der Waals surface area contributed by atoms with Crippen LogP contribution in [0.15, 0.2) is 48.5 Å². The summed E-state index contributed by atoms with van der Waals surface area (Å²) in [4.78, 5) is 59.2. The number of halogens is 2. The van der Waals surface area contributed by atoms with Gasteiger partial charge < -0.3 is 29.2 Å². The van der Waals surface area contributed by atoms with Crippen LogP contribution in [0.3, 0.4) is 0 Å². The molecule has 8 atom stereocenters. The average molecular weight is 943 g/mol. The summed E-state index contributed by atoms with van der Waals surface area (Å²) in [5, 5.41) is 25.1. The topological polar surface area (TPSA) is 152 Å². The molecule has 6 fully saturated rings. The second kappa shape index (κ2) is 15.1. The number of piperidine rings is 2. The van der Waals surface area contributed by atoms with E-state index in [4.69, 9.17) is 18.9 Å². The minimum atomic E-state index is -1.26. The van der Waals surface area contributed by atoms with Crippen LogP contribution in [0.25, 0.3) is 10.8 Å². The van der Waals surface area contributed by atoms with Crippen LogP contribution in [0.5, 0.6) is 23.0 Å². The number of likely N-dealkylation sites (tertiary alicyclic amines) is 2. The number of esters is 2. The fourth-order valence-electron chi connectivity index (χ4n) is 14.6. The van der Waals surface area contributed by atoms with Crippen LogP contribution >= 0.6 is 0 Å². The summed E-state index contributed by atoms with van der Waals surface area (Å²) in [5.74, 6) is -1.42. The number of ketones is 2. The van der Waals surface area contributed by atoms with Gasteiger partial charge in [-0.15, -0.1) is 0 Å². The maximum atomic E-state index is 16.2. The quantitative estimate of drug-likeness (QED) is 0.133. The highest BCUT2D eigenvalue weighted by molar-refractivity contribution is 5.92. The summed E-state index contributed by atoms with van der Waals surface area (Å²) in [6.07, 6.45) is 4.58. The first-order valence-electron chi connectivity index (χ1n) is 25.1. The van der Waals surface area contributed by atoms with Crippen LogP contribution in [-0.4, -0.2) is 105 Å². The number of hydrogen-bond acceptors (Lipinski definition) is 12. The molecule has 2 N–H and O–H groups in total. The molecule has 12 nitrogen and oxygen atoms in total. The van der Waals surface area contributed by atoms with Gasteiger partial charge in [0, 0.05) is 59.9 Å². The molecule has 5 aliphatic carbocycles. The third-order valence-electron chi connectivity index (χ3n) is 18.4. The maximum Gasteiger partial charge on any atom is 0.315 e. The Morgan fingerprint density at radius 1 is 0.681 bits per heavy atom. The second-order valence-electron chi connectivity index (χ2n) is 22.0. The van der Waals surface area contributed by atoms with Gasteiger partial charge in [0.1, 0.15) is 11.6 Å². The van der Waals surface area contributed by atoms with Gasteiger partial charge in [-0.1, -0.05) is 36.4 Å². The SMILES string of the molecule is Cc1ccc(OC(=O)Cc2ccc3c(F)c(CC(=O)Oc4ccc5c6c4O[C@H]4C(=O)CC[C@@]7(O)[C@@H](C5)N(CC5CC5)CC[C@]647)ccc3c2F)c2c1[C@]13CCN(CC4CC4)[C@H](C)[C@]1(O)CCC(=O)[C@@H]3O2. The fraction of sp³-hybridized carbons (Fsp3) is 0.527. The standard InChI is InChI=1S/C55H56F2N2O10/c1-28-3-13-39(48-44(28)52-19-21-58(26-30-4-5-30)29(2)54(52,64)17-15-37(60)50(52)68-48)66-42(62)24-33-8-11-36-35(46(33)56)12-9-34(47(36)57)25-43(63)67-40-14-10-32-23-41-55(65)18-16-38(61)51-53(55,45(32)49(40)69-51)20-22-59(41)27-31-6-7-31/h3,8-14,29-31,41,50-51,64-65H,4-7,15-27H2,1-2H3/t29-,41-,50+,51+,52+,53+,54-,55-/m1/s1. The number of ether oxygens (including phenoxy) is 4. The van der Waals surface area contributed by atoms with E-state index >= 15 is 8.78 Å². The van der Waals surface area contributed by atoms with Crippen molar-refractivity contribution in [3.63, 3.8) is 0 Å². The number of fused-ring (bicyclic) bond motifs is 2. The van der Waals surface area contributed by atoms with E-state index in [1.54, 1.807) is 18.2 Å². The van der Waals surface area contributed by atoms with Crippen molar-refractivity contribution in [2.24, 2.45) is 11.8 Å². The molecule has 0 aromatic heterocycles. The van der Waals surface area contributed by atoms with Crippen molar-refractivity contribution in [2.45, 2.75) is 144 Å². The number of rotatable bonds is 10. The number of aliphatic hydroxyl groups is 2. The van der Waals surface area contributed by atoms with Gasteiger partial charge in [0.05, 0.1) is 34.9 Å². The zero-order valence-electron chi connectivity index (χ0n) is 38.9. The summed E-state index contributed by atoms with van der Waals surface area (Å²) < 4.78 is 57.2. The Hall–Kier alpha value is -5.28. The number of nitrogens with zero attached hydrogens (tertiary/aromatic N) is 2. The highest BCUT2D eigenvalue weighted by atomic mass is 19.1. The zero-order valence-corrected chi connectivity index (χ0v) is 38.9. The van der Waals surface area contributed by atoms with E-state index in [0.717, 1.165) is 36.3 Å². The van der Waals surface area contributed by atoms with Gasteiger partial charge in [-0.05, 0) is 131 Å². The van der Waals surface area contributed by atoms with E-state index in [-0.39, 0.29) is 81.4 Å². The number of benzene rings is 4. The second-order valence-corrected chi connectivity index (χ2v) is 22.0. The molecule has 4 heterocycles. The van der Waals surface area contributed by atoms with E-state index in [2.05, 4.69) is 9.80 Å². The van der Waals surface area contributed by atoms with E-state index < -0.39 is 70.7 Å². The number of Topliss-reactive ketones (excluding diaryl/α,β-unsaturated/α-hetero) is 2. The summed E-state index contributed by atoms with van der Waals surface area (Å²) in [5.41, 5.74) is -1.26. The molecule has 14 heteroatoms. The molecule has 4 aromatic rings. The molecule has 2 bridgehead atoms. The van der Waals surface area contributed by atoms with Crippen molar-refractivity contribution in [2.75, 3.05) is 26.2 Å². The lowest BCUT2D eigenvalue weighted by atomic mass is 9.49.